The highest BCUT2D eigenvalue weighted by Gasteiger charge is 2.33. The van der Waals surface area contributed by atoms with Crippen molar-refractivity contribution in [1.82, 2.24) is 4.98 Å². The molecule has 0 aromatic carbocycles. The molecule has 1 heterocycles. The van der Waals surface area contributed by atoms with E-state index >= 15 is 0 Å². The molecule has 0 aliphatic carbocycles. The number of nitrogens with zero attached hydrogens (tertiary/aromatic N) is 2. The van der Waals surface area contributed by atoms with Crippen LogP contribution in [0.1, 0.15) is 11.3 Å². The lowest BCUT2D eigenvalue weighted by Gasteiger charge is -2.14. The van der Waals surface area contributed by atoms with Crippen molar-refractivity contribution in [2.24, 2.45) is 5.73 Å². The fourth-order valence-corrected chi connectivity index (χ4v) is 1.44. The van der Waals surface area contributed by atoms with Gasteiger partial charge in [-0.15, -0.1) is 13.2 Å². The molecule has 0 aliphatic heterocycles. The van der Waals surface area contributed by atoms with Crippen molar-refractivity contribution < 1.29 is 17.9 Å². The van der Waals surface area contributed by atoms with Gasteiger partial charge in [0.15, 0.2) is 5.75 Å². The number of alkyl halides is 3. The number of hydrogen-bond donors (Lipinski definition) is 1. The van der Waals surface area contributed by atoms with Gasteiger partial charge in [-0.1, -0.05) is 0 Å². The number of ether oxygens (including phenoxy) is 1. The first-order valence-electron chi connectivity index (χ1n) is 3.92. The molecule has 0 atom stereocenters. The van der Waals surface area contributed by atoms with E-state index < -0.39 is 12.1 Å². The lowest BCUT2D eigenvalue weighted by molar-refractivity contribution is -0.275. The molecule has 0 spiro atoms. The van der Waals surface area contributed by atoms with Gasteiger partial charge in [-0.3, -0.25) is 0 Å². The minimum absolute atomic E-state index is 0.00993. The Labute approximate surface area is 97.0 Å². The summed E-state index contributed by atoms with van der Waals surface area (Å²) in [5, 5.41) is 8.64. The Balaban J connectivity index is 3.30. The number of rotatable bonds is 2. The first-order valence-corrected chi connectivity index (χ1v) is 4.71. The SMILES string of the molecule is N#Cc1ncc(Br)c(OC(F)(F)F)c1CN. The molecule has 0 radical (unpaired) electrons. The summed E-state index contributed by atoms with van der Waals surface area (Å²) in [6.45, 7) is -0.277. The van der Waals surface area contributed by atoms with E-state index in [9.17, 15) is 13.2 Å². The molecule has 1 rings (SSSR count). The average Bonchev–Trinajstić information content (AvgIpc) is 2.19. The third kappa shape index (κ3) is 2.84. The topological polar surface area (TPSA) is 71.9 Å². The standard InChI is InChI=1S/C8H5BrF3N3O/c9-5-3-15-6(2-14)4(1-13)7(5)16-8(10,11)12/h3H,1,13H2. The highest BCUT2D eigenvalue weighted by Crippen LogP contribution is 2.34. The quantitative estimate of drug-likeness (QED) is 0.907. The van der Waals surface area contributed by atoms with Crippen molar-refractivity contribution in [2.75, 3.05) is 0 Å². The monoisotopic (exact) mass is 295 g/mol. The van der Waals surface area contributed by atoms with Gasteiger partial charge >= 0.3 is 6.36 Å². The molecule has 0 bridgehead atoms. The summed E-state index contributed by atoms with van der Waals surface area (Å²) < 4.78 is 40.0. The van der Waals surface area contributed by atoms with Gasteiger partial charge in [-0.2, -0.15) is 5.26 Å². The van der Waals surface area contributed by atoms with Crippen molar-refractivity contribution in [3.63, 3.8) is 0 Å². The first-order chi connectivity index (χ1) is 7.39. The Morgan fingerprint density at radius 2 is 2.19 bits per heavy atom. The average molecular weight is 296 g/mol. The van der Waals surface area contributed by atoms with Gasteiger partial charge < -0.3 is 10.5 Å². The lowest BCUT2D eigenvalue weighted by atomic mass is 10.2. The third-order valence-corrected chi connectivity index (χ3v) is 2.18. The largest absolute Gasteiger partial charge is 0.573 e. The molecule has 16 heavy (non-hydrogen) atoms. The van der Waals surface area contributed by atoms with Crippen LogP contribution in [-0.2, 0) is 6.54 Å². The van der Waals surface area contributed by atoms with E-state index in [4.69, 9.17) is 11.0 Å². The summed E-state index contributed by atoms with van der Waals surface area (Å²) in [6, 6.07) is 1.64. The zero-order valence-corrected chi connectivity index (χ0v) is 9.26. The number of halogens is 4. The maximum absolute atomic E-state index is 12.1. The van der Waals surface area contributed by atoms with Gasteiger partial charge in [0.05, 0.1) is 4.47 Å². The second kappa shape index (κ2) is 4.67. The molecular weight excluding hydrogens is 291 g/mol. The van der Waals surface area contributed by atoms with Crippen LogP contribution in [0.2, 0.25) is 0 Å². The van der Waals surface area contributed by atoms with Gasteiger partial charge in [0, 0.05) is 18.3 Å². The number of hydrogen-bond acceptors (Lipinski definition) is 4. The first kappa shape index (κ1) is 12.7. The summed E-state index contributed by atoms with van der Waals surface area (Å²) in [6.07, 6.45) is -3.79. The van der Waals surface area contributed by atoms with Crippen molar-refractivity contribution >= 4 is 15.9 Å². The van der Waals surface area contributed by atoms with Crippen molar-refractivity contribution in [1.29, 1.82) is 5.26 Å². The number of nitriles is 1. The zero-order valence-electron chi connectivity index (χ0n) is 7.68. The van der Waals surface area contributed by atoms with Crippen LogP contribution in [0.15, 0.2) is 10.7 Å². The van der Waals surface area contributed by atoms with E-state index in [-0.39, 0.29) is 22.3 Å². The Kier molecular flexibility index (Phi) is 3.72. The summed E-state index contributed by atoms with van der Waals surface area (Å²) in [7, 11) is 0. The molecule has 0 amide bonds. The predicted octanol–water partition coefficient (Wildman–Crippen LogP) is 2.07. The van der Waals surface area contributed by atoms with E-state index in [0.29, 0.717) is 0 Å². The second-order valence-corrected chi connectivity index (χ2v) is 3.48. The van der Waals surface area contributed by atoms with Crippen LogP contribution in [-0.4, -0.2) is 11.3 Å². The van der Waals surface area contributed by atoms with Crippen molar-refractivity contribution in [3.8, 4) is 11.8 Å². The molecule has 0 unspecified atom stereocenters. The van der Waals surface area contributed by atoms with Crippen LogP contribution in [0, 0.1) is 11.3 Å². The maximum atomic E-state index is 12.1. The van der Waals surface area contributed by atoms with Gasteiger partial charge in [-0.05, 0) is 15.9 Å². The summed E-state index contributed by atoms with van der Waals surface area (Å²) >= 11 is 2.85. The number of pyridine rings is 1. The fourth-order valence-electron chi connectivity index (χ4n) is 1.02. The fraction of sp³-hybridized carbons (Fsp3) is 0.250. The van der Waals surface area contributed by atoms with E-state index in [1.165, 1.54) is 0 Å². The smallest absolute Gasteiger partial charge is 0.404 e. The second-order valence-electron chi connectivity index (χ2n) is 2.63. The number of nitrogens with two attached hydrogens (primary N) is 1. The Bertz CT molecular complexity index is 441. The minimum atomic E-state index is -4.85. The third-order valence-electron chi connectivity index (χ3n) is 1.61. The minimum Gasteiger partial charge on any atom is -0.404 e. The lowest BCUT2D eigenvalue weighted by Crippen LogP contribution is -2.20. The van der Waals surface area contributed by atoms with E-state index in [1.807, 2.05) is 0 Å². The van der Waals surface area contributed by atoms with Gasteiger partial charge in [0.2, 0.25) is 0 Å². The molecule has 1 aromatic heterocycles. The summed E-state index contributed by atoms with van der Waals surface area (Å²) in [5.74, 6) is -0.526. The van der Waals surface area contributed by atoms with Crippen LogP contribution in [0.4, 0.5) is 13.2 Å². The van der Waals surface area contributed by atoms with Crippen molar-refractivity contribution in [2.45, 2.75) is 12.9 Å². The normalized spacial score (nSPS) is 11.0. The van der Waals surface area contributed by atoms with Crippen LogP contribution >= 0.6 is 15.9 Å². The van der Waals surface area contributed by atoms with Crippen LogP contribution < -0.4 is 10.5 Å². The van der Waals surface area contributed by atoms with Crippen LogP contribution in [0.5, 0.6) is 5.75 Å². The molecule has 0 saturated heterocycles. The predicted molar refractivity (Wildman–Crippen MR) is 51.2 cm³/mol. The molecule has 4 nitrogen and oxygen atoms in total. The molecule has 8 heteroatoms. The summed E-state index contributed by atoms with van der Waals surface area (Å²) in [5.41, 5.74) is 4.98. The molecule has 0 aliphatic rings. The molecule has 0 fully saturated rings. The van der Waals surface area contributed by atoms with Crippen molar-refractivity contribution in [3.05, 3.63) is 21.9 Å². The Morgan fingerprint density at radius 3 is 2.62 bits per heavy atom. The van der Waals surface area contributed by atoms with Gasteiger partial charge in [-0.25, -0.2) is 4.98 Å². The number of aromatic nitrogens is 1. The molecule has 1 aromatic rings. The van der Waals surface area contributed by atoms with Crippen LogP contribution in [0.3, 0.4) is 0 Å². The zero-order chi connectivity index (χ0) is 12.3. The van der Waals surface area contributed by atoms with Crippen LogP contribution in [0.25, 0.3) is 0 Å². The highest BCUT2D eigenvalue weighted by molar-refractivity contribution is 9.10. The summed E-state index contributed by atoms with van der Waals surface area (Å²) in [4.78, 5) is 3.62. The van der Waals surface area contributed by atoms with E-state index in [1.54, 1.807) is 6.07 Å². The van der Waals surface area contributed by atoms with Gasteiger partial charge in [0.1, 0.15) is 11.8 Å². The Hall–Kier alpha value is -1.33. The highest BCUT2D eigenvalue weighted by atomic mass is 79.9. The molecule has 0 saturated carbocycles. The molecular formula is C8H5BrF3N3O. The Morgan fingerprint density at radius 1 is 1.56 bits per heavy atom. The van der Waals surface area contributed by atoms with Gasteiger partial charge in [0.25, 0.3) is 0 Å². The van der Waals surface area contributed by atoms with E-state index in [2.05, 4.69) is 25.7 Å². The van der Waals surface area contributed by atoms with E-state index in [0.717, 1.165) is 6.20 Å². The molecule has 2 N–H and O–H groups in total. The molecule has 86 valence electrons. The maximum Gasteiger partial charge on any atom is 0.573 e.